The van der Waals surface area contributed by atoms with Crippen LogP contribution in [0.2, 0.25) is 0 Å². The van der Waals surface area contributed by atoms with Crippen molar-refractivity contribution >= 4 is 23.3 Å². The Kier molecular flexibility index (Phi) is 5.70. The van der Waals surface area contributed by atoms with Crippen molar-refractivity contribution in [2.75, 3.05) is 25.4 Å². The van der Waals surface area contributed by atoms with Gasteiger partial charge in [-0.3, -0.25) is 9.59 Å². The Hall–Kier alpha value is -4.21. The van der Waals surface area contributed by atoms with E-state index in [0.29, 0.717) is 53.7 Å². The number of nitrogen functional groups attached to an aromatic ring is 1. The monoisotopic (exact) mass is 460 g/mol. The summed E-state index contributed by atoms with van der Waals surface area (Å²) < 4.78 is 12.1. The van der Waals surface area contributed by atoms with Crippen molar-refractivity contribution in [1.29, 1.82) is 0 Å². The number of nitrogens with zero attached hydrogens (tertiary/aromatic N) is 5. The Morgan fingerprint density at radius 2 is 2.12 bits per heavy atom. The number of rotatable bonds is 5. The summed E-state index contributed by atoms with van der Waals surface area (Å²) in [5, 5.41) is 4.45. The van der Waals surface area contributed by atoms with Crippen molar-refractivity contribution in [2.24, 2.45) is 5.92 Å². The molecule has 10 nitrogen and oxygen atoms in total. The Labute approximate surface area is 195 Å². The molecule has 1 aliphatic heterocycles. The van der Waals surface area contributed by atoms with Gasteiger partial charge in [-0.25, -0.2) is 14.5 Å². The van der Waals surface area contributed by atoms with Crippen LogP contribution in [0.25, 0.3) is 28.5 Å². The SMILES string of the molecule is CCOC(=O)C1CCCN(C(=O)c2cccc(-c3cn4nc(-c5ccco5)nc4c(N)n3)c2)C1. The minimum atomic E-state index is -0.291. The highest BCUT2D eigenvalue weighted by molar-refractivity contribution is 5.95. The standard InChI is InChI=1S/C24H24N6O4/c1-2-33-24(32)17-8-4-10-29(13-17)23(31)16-7-3-6-15(12-16)18-14-30-22(20(25)26-18)27-21(28-30)19-9-5-11-34-19/h3,5-7,9,11-12,14,17H,2,4,8,10,13H2,1H3,(H2,25,26). The van der Waals surface area contributed by atoms with Crippen LogP contribution in [0, 0.1) is 5.92 Å². The van der Waals surface area contributed by atoms with Crippen LogP contribution in [0.5, 0.6) is 0 Å². The van der Waals surface area contributed by atoms with E-state index < -0.39 is 0 Å². The van der Waals surface area contributed by atoms with E-state index in [1.54, 1.807) is 59.1 Å². The van der Waals surface area contributed by atoms with Crippen LogP contribution in [0.4, 0.5) is 5.82 Å². The molecule has 1 atom stereocenters. The number of anilines is 1. The first kappa shape index (κ1) is 21.6. The summed E-state index contributed by atoms with van der Waals surface area (Å²) in [5.41, 5.74) is 8.36. The second-order valence-electron chi connectivity index (χ2n) is 8.12. The summed E-state index contributed by atoms with van der Waals surface area (Å²) in [7, 11) is 0. The molecule has 1 aromatic carbocycles. The highest BCUT2D eigenvalue weighted by atomic mass is 16.5. The molecule has 34 heavy (non-hydrogen) atoms. The second kappa shape index (κ2) is 8.97. The first-order valence-electron chi connectivity index (χ1n) is 11.2. The number of carbonyl (C=O) groups excluding carboxylic acids is 2. The van der Waals surface area contributed by atoms with E-state index >= 15 is 0 Å². The predicted octanol–water partition coefficient (Wildman–Crippen LogP) is 3.05. The van der Waals surface area contributed by atoms with Gasteiger partial charge in [0.2, 0.25) is 5.82 Å². The van der Waals surface area contributed by atoms with Crippen molar-refractivity contribution in [3.63, 3.8) is 0 Å². The fourth-order valence-corrected chi connectivity index (χ4v) is 4.17. The van der Waals surface area contributed by atoms with Gasteiger partial charge in [0.05, 0.1) is 30.7 Å². The van der Waals surface area contributed by atoms with Crippen LogP contribution in [-0.2, 0) is 9.53 Å². The molecule has 10 heteroatoms. The molecule has 4 heterocycles. The molecule has 0 bridgehead atoms. The summed E-state index contributed by atoms with van der Waals surface area (Å²) in [4.78, 5) is 36.0. The predicted molar refractivity (Wildman–Crippen MR) is 124 cm³/mol. The lowest BCUT2D eigenvalue weighted by Crippen LogP contribution is -2.42. The van der Waals surface area contributed by atoms with Gasteiger partial charge in [-0.15, -0.1) is 5.10 Å². The number of fused-ring (bicyclic) bond motifs is 1. The fourth-order valence-electron chi connectivity index (χ4n) is 4.17. The van der Waals surface area contributed by atoms with Crippen LogP contribution >= 0.6 is 0 Å². The van der Waals surface area contributed by atoms with Crippen LogP contribution < -0.4 is 5.73 Å². The van der Waals surface area contributed by atoms with Gasteiger partial charge in [0.15, 0.2) is 17.2 Å². The number of esters is 1. The first-order chi connectivity index (χ1) is 16.5. The van der Waals surface area contributed by atoms with E-state index in [1.165, 1.54) is 0 Å². The third-order valence-corrected chi connectivity index (χ3v) is 5.82. The van der Waals surface area contributed by atoms with E-state index in [4.69, 9.17) is 14.9 Å². The minimum Gasteiger partial charge on any atom is -0.466 e. The largest absolute Gasteiger partial charge is 0.466 e. The zero-order valence-corrected chi connectivity index (χ0v) is 18.7. The molecule has 1 saturated heterocycles. The smallest absolute Gasteiger partial charge is 0.310 e. The van der Waals surface area contributed by atoms with Gasteiger partial charge in [0.25, 0.3) is 5.91 Å². The lowest BCUT2D eigenvalue weighted by molar-refractivity contribution is -0.149. The average Bonchev–Trinajstić information content (AvgIpc) is 3.54. The molecular weight excluding hydrogens is 436 g/mol. The van der Waals surface area contributed by atoms with Gasteiger partial charge >= 0.3 is 5.97 Å². The molecule has 1 aliphatic rings. The number of aromatic nitrogens is 4. The number of ether oxygens (including phenoxy) is 1. The number of hydrogen-bond donors (Lipinski definition) is 1. The Morgan fingerprint density at radius 3 is 2.91 bits per heavy atom. The molecule has 0 aliphatic carbocycles. The zero-order valence-electron chi connectivity index (χ0n) is 18.7. The Morgan fingerprint density at radius 1 is 1.24 bits per heavy atom. The van der Waals surface area contributed by atoms with Gasteiger partial charge in [-0.2, -0.15) is 0 Å². The summed E-state index contributed by atoms with van der Waals surface area (Å²) in [6, 6.07) is 10.7. The van der Waals surface area contributed by atoms with Gasteiger partial charge in [0, 0.05) is 24.2 Å². The minimum absolute atomic E-state index is 0.134. The molecular formula is C24H24N6O4. The third kappa shape index (κ3) is 4.09. The maximum absolute atomic E-state index is 13.2. The molecule has 1 amide bonds. The highest BCUT2D eigenvalue weighted by Gasteiger charge is 2.30. The van der Waals surface area contributed by atoms with E-state index in [0.717, 1.165) is 12.8 Å². The molecule has 1 fully saturated rings. The lowest BCUT2D eigenvalue weighted by Gasteiger charge is -2.31. The maximum atomic E-state index is 13.2. The topological polar surface area (TPSA) is 129 Å². The van der Waals surface area contributed by atoms with E-state index in [1.807, 2.05) is 6.07 Å². The number of amides is 1. The van der Waals surface area contributed by atoms with Gasteiger partial charge in [-0.05, 0) is 44.0 Å². The van der Waals surface area contributed by atoms with Gasteiger partial charge < -0.3 is 19.8 Å². The van der Waals surface area contributed by atoms with Crippen LogP contribution in [-0.4, -0.2) is 56.1 Å². The van der Waals surface area contributed by atoms with Gasteiger partial charge in [0.1, 0.15) is 0 Å². The van der Waals surface area contributed by atoms with Crippen molar-refractivity contribution in [3.05, 3.63) is 54.4 Å². The molecule has 0 spiro atoms. The number of carbonyl (C=O) groups is 2. The number of hydrogen-bond acceptors (Lipinski definition) is 8. The highest BCUT2D eigenvalue weighted by Crippen LogP contribution is 2.25. The number of likely N-dealkylation sites (tertiary alicyclic amines) is 1. The number of benzene rings is 1. The molecule has 5 rings (SSSR count). The molecule has 0 radical (unpaired) electrons. The number of furan rings is 1. The molecule has 174 valence electrons. The van der Waals surface area contributed by atoms with Gasteiger partial charge in [-0.1, -0.05) is 12.1 Å². The average molecular weight is 460 g/mol. The summed E-state index contributed by atoms with van der Waals surface area (Å²) in [6.07, 6.45) is 4.75. The quantitative estimate of drug-likeness (QED) is 0.450. The van der Waals surface area contributed by atoms with Crippen molar-refractivity contribution < 1.29 is 18.7 Å². The summed E-state index contributed by atoms with van der Waals surface area (Å²) in [6.45, 7) is 3.07. The lowest BCUT2D eigenvalue weighted by atomic mass is 9.97. The number of nitrogens with two attached hydrogens (primary N) is 1. The summed E-state index contributed by atoms with van der Waals surface area (Å²) >= 11 is 0. The van der Waals surface area contributed by atoms with E-state index in [2.05, 4.69) is 15.1 Å². The molecule has 3 aromatic heterocycles. The first-order valence-corrected chi connectivity index (χ1v) is 11.2. The Balaban J connectivity index is 1.41. The van der Waals surface area contributed by atoms with Crippen LogP contribution in [0.1, 0.15) is 30.1 Å². The molecule has 4 aromatic rings. The third-order valence-electron chi connectivity index (χ3n) is 5.82. The molecule has 2 N–H and O–H groups in total. The van der Waals surface area contributed by atoms with Crippen LogP contribution in [0.15, 0.2) is 53.3 Å². The maximum Gasteiger partial charge on any atom is 0.310 e. The van der Waals surface area contributed by atoms with Crippen molar-refractivity contribution in [2.45, 2.75) is 19.8 Å². The summed E-state index contributed by atoms with van der Waals surface area (Å²) in [5.74, 6) is 0.475. The van der Waals surface area contributed by atoms with Crippen molar-refractivity contribution in [3.8, 4) is 22.8 Å². The second-order valence-corrected chi connectivity index (χ2v) is 8.12. The molecule has 0 saturated carbocycles. The normalized spacial score (nSPS) is 16.0. The van der Waals surface area contributed by atoms with Crippen LogP contribution in [0.3, 0.4) is 0 Å². The van der Waals surface area contributed by atoms with Crippen molar-refractivity contribution in [1.82, 2.24) is 24.5 Å². The zero-order chi connectivity index (χ0) is 23.7. The molecule has 1 unspecified atom stereocenters. The van der Waals surface area contributed by atoms with E-state index in [-0.39, 0.29) is 23.6 Å². The van der Waals surface area contributed by atoms with E-state index in [9.17, 15) is 9.59 Å². The fraction of sp³-hybridized carbons (Fsp3) is 0.292. The Bertz CT molecular complexity index is 1350. The number of piperidine rings is 1.